The Balaban J connectivity index is 1.23. The fourth-order valence-corrected chi connectivity index (χ4v) is 8.94. The Kier molecular flexibility index (Phi) is 8.09. The summed E-state index contributed by atoms with van der Waals surface area (Å²) in [6.07, 6.45) is 0. The SMILES string of the molecule is CC(C)c1cc(-c2ccccc2)cc(C(C)C)c1-n1c(-c2cccc3c2sc2cc(-c4ccc(-c5ccccc5)cc4)ccc23)nc2ccccc21. The first-order valence-electron chi connectivity index (χ1n) is 18.3. The van der Waals surface area contributed by atoms with Crippen molar-refractivity contribution in [2.24, 2.45) is 0 Å². The highest BCUT2D eigenvalue weighted by molar-refractivity contribution is 7.26. The molecule has 252 valence electrons. The Bertz CT molecular complexity index is 2680. The highest BCUT2D eigenvalue weighted by atomic mass is 32.1. The third-order valence-electron chi connectivity index (χ3n) is 10.4. The number of thiophene rings is 1. The number of hydrogen-bond donors (Lipinski definition) is 0. The van der Waals surface area contributed by atoms with Gasteiger partial charge in [0.2, 0.25) is 0 Å². The Morgan fingerprint density at radius 2 is 1.04 bits per heavy atom. The van der Waals surface area contributed by atoms with Gasteiger partial charge in [-0.3, -0.25) is 4.57 Å². The summed E-state index contributed by atoms with van der Waals surface area (Å²) < 4.78 is 5.02. The van der Waals surface area contributed by atoms with Crippen LogP contribution in [-0.4, -0.2) is 9.55 Å². The number of imidazole rings is 1. The summed E-state index contributed by atoms with van der Waals surface area (Å²) in [5.74, 6) is 1.61. The Morgan fingerprint density at radius 1 is 0.481 bits per heavy atom. The van der Waals surface area contributed by atoms with Gasteiger partial charge in [-0.05, 0) is 92.7 Å². The van der Waals surface area contributed by atoms with Gasteiger partial charge in [0.1, 0.15) is 5.82 Å². The lowest BCUT2D eigenvalue weighted by molar-refractivity contribution is 0.812. The van der Waals surface area contributed by atoms with Gasteiger partial charge in [0.05, 0.1) is 16.7 Å². The van der Waals surface area contributed by atoms with Crippen molar-refractivity contribution in [2.45, 2.75) is 39.5 Å². The van der Waals surface area contributed by atoms with Gasteiger partial charge in [0.15, 0.2) is 0 Å². The molecule has 0 saturated heterocycles. The van der Waals surface area contributed by atoms with Crippen LogP contribution in [0, 0.1) is 0 Å². The van der Waals surface area contributed by atoms with Crippen LogP contribution in [-0.2, 0) is 0 Å². The van der Waals surface area contributed by atoms with Crippen molar-refractivity contribution in [3.8, 4) is 50.5 Å². The van der Waals surface area contributed by atoms with E-state index < -0.39 is 0 Å². The topological polar surface area (TPSA) is 17.8 Å². The smallest absolute Gasteiger partial charge is 0.147 e. The fourth-order valence-electron chi connectivity index (χ4n) is 7.69. The number of hydrogen-bond acceptors (Lipinski definition) is 2. The average Bonchev–Trinajstić information content (AvgIpc) is 3.76. The summed E-state index contributed by atoms with van der Waals surface area (Å²) in [5, 5.41) is 2.56. The second kappa shape index (κ2) is 13.1. The van der Waals surface area contributed by atoms with E-state index in [-0.39, 0.29) is 0 Å². The van der Waals surface area contributed by atoms with E-state index in [1.54, 1.807) is 0 Å². The lowest BCUT2D eigenvalue weighted by atomic mass is 9.88. The number of para-hydroxylation sites is 2. The first-order chi connectivity index (χ1) is 25.4. The summed E-state index contributed by atoms with van der Waals surface area (Å²) in [6, 6.07) is 57.4. The zero-order valence-electron chi connectivity index (χ0n) is 30.0. The molecule has 7 aromatic carbocycles. The third-order valence-corrected chi connectivity index (χ3v) is 11.6. The average molecular weight is 689 g/mol. The predicted octanol–water partition coefficient (Wildman–Crippen LogP) is 14.3. The molecule has 2 aromatic heterocycles. The van der Waals surface area contributed by atoms with Crippen molar-refractivity contribution in [1.82, 2.24) is 9.55 Å². The molecule has 0 fully saturated rings. The summed E-state index contributed by atoms with van der Waals surface area (Å²) in [6.45, 7) is 9.26. The summed E-state index contributed by atoms with van der Waals surface area (Å²) in [5.41, 5.74) is 14.7. The number of fused-ring (bicyclic) bond motifs is 4. The Morgan fingerprint density at radius 3 is 1.69 bits per heavy atom. The molecule has 0 spiro atoms. The molecule has 9 rings (SSSR count). The van der Waals surface area contributed by atoms with E-state index in [0.29, 0.717) is 11.8 Å². The van der Waals surface area contributed by atoms with Crippen LogP contribution in [0.4, 0.5) is 0 Å². The molecule has 0 radical (unpaired) electrons. The molecule has 0 amide bonds. The molecule has 0 aliphatic rings. The number of rotatable bonds is 7. The van der Waals surface area contributed by atoms with Crippen LogP contribution in [0.5, 0.6) is 0 Å². The number of aromatic nitrogens is 2. The van der Waals surface area contributed by atoms with Gasteiger partial charge >= 0.3 is 0 Å². The molecule has 0 atom stereocenters. The monoisotopic (exact) mass is 688 g/mol. The van der Waals surface area contributed by atoms with Gasteiger partial charge in [-0.15, -0.1) is 11.3 Å². The van der Waals surface area contributed by atoms with Crippen LogP contribution in [0.15, 0.2) is 158 Å². The van der Waals surface area contributed by atoms with Crippen molar-refractivity contribution < 1.29 is 0 Å². The minimum absolute atomic E-state index is 0.311. The van der Waals surface area contributed by atoms with E-state index in [1.165, 1.54) is 75.9 Å². The van der Waals surface area contributed by atoms with Gasteiger partial charge in [0, 0.05) is 25.7 Å². The molecule has 0 saturated carbocycles. The number of benzene rings is 7. The zero-order chi connectivity index (χ0) is 35.3. The standard InChI is InChI=1S/C49H40N2S/c1-31(2)42-28-38(34-16-9-6-10-17-34)29-43(32(3)4)47(42)51-45-21-12-11-20-44(45)50-49(51)41-19-13-18-40-39-27-26-37(30-46(39)52-48(40)41)36-24-22-35(23-25-36)33-14-7-5-8-15-33/h5-32H,1-4H3. The third kappa shape index (κ3) is 5.53. The molecule has 52 heavy (non-hydrogen) atoms. The second-order valence-electron chi connectivity index (χ2n) is 14.4. The highest BCUT2D eigenvalue weighted by Crippen LogP contribution is 2.45. The van der Waals surface area contributed by atoms with Crippen molar-refractivity contribution in [3.63, 3.8) is 0 Å². The van der Waals surface area contributed by atoms with Crippen LogP contribution >= 0.6 is 11.3 Å². The zero-order valence-corrected chi connectivity index (χ0v) is 30.8. The van der Waals surface area contributed by atoms with E-state index >= 15 is 0 Å². The molecule has 0 bridgehead atoms. The van der Waals surface area contributed by atoms with Crippen LogP contribution in [0.3, 0.4) is 0 Å². The molecule has 0 aliphatic carbocycles. The maximum atomic E-state index is 5.43. The number of nitrogens with zero attached hydrogens (tertiary/aromatic N) is 2. The van der Waals surface area contributed by atoms with E-state index in [4.69, 9.17) is 4.98 Å². The van der Waals surface area contributed by atoms with Gasteiger partial charge in [-0.1, -0.05) is 149 Å². The highest BCUT2D eigenvalue weighted by Gasteiger charge is 2.25. The minimum atomic E-state index is 0.311. The molecular formula is C49H40N2S. The van der Waals surface area contributed by atoms with Crippen LogP contribution in [0.1, 0.15) is 50.7 Å². The first-order valence-corrected chi connectivity index (χ1v) is 19.1. The van der Waals surface area contributed by atoms with E-state index in [0.717, 1.165) is 16.9 Å². The van der Waals surface area contributed by atoms with Crippen LogP contribution in [0.25, 0.3) is 81.7 Å². The van der Waals surface area contributed by atoms with Gasteiger partial charge < -0.3 is 0 Å². The fraction of sp³-hybridized carbons (Fsp3) is 0.122. The van der Waals surface area contributed by atoms with Gasteiger partial charge in [-0.2, -0.15) is 0 Å². The molecule has 2 nitrogen and oxygen atoms in total. The molecule has 0 aliphatic heterocycles. The molecule has 0 N–H and O–H groups in total. The normalized spacial score (nSPS) is 11.8. The van der Waals surface area contributed by atoms with Crippen LogP contribution in [0.2, 0.25) is 0 Å². The molecule has 2 heterocycles. The minimum Gasteiger partial charge on any atom is -0.292 e. The van der Waals surface area contributed by atoms with Crippen molar-refractivity contribution in [2.75, 3.05) is 0 Å². The first kappa shape index (κ1) is 32.2. The van der Waals surface area contributed by atoms with Gasteiger partial charge in [0.25, 0.3) is 0 Å². The van der Waals surface area contributed by atoms with E-state index in [2.05, 4.69) is 190 Å². The molecule has 0 unspecified atom stereocenters. The van der Waals surface area contributed by atoms with E-state index in [9.17, 15) is 0 Å². The summed E-state index contributed by atoms with van der Waals surface area (Å²) in [7, 11) is 0. The van der Waals surface area contributed by atoms with Crippen molar-refractivity contribution >= 4 is 42.5 Å². The second-order valence-corrected chi connectivity index (χ2v) is 15.4. The molecule has 9 aromatic rings. The lowest BCUT2D eigenvalue weighted by Gasteiger charge is -2.24. The molecular weight excluding hydrogens is 649 g/mol. The lowest BCUT2D eigenvalue weighted by Crippen LogP contribution is -2.09. The Labute approximate surface area is 309 Å². The summed E-state index contributed by atoms with van der Waals surface area (Å²) >= 11 is 1.87. The maximum absolute atomic E-state index is 5.43. The molecule has 3 heteroatoms. The maximum Gasteiger partial charge on any atom is 0.147 e. The van der Waals surface area contributed by atoms with Crippen molar-refractivity contribution in [1.29, 1.82) is 0 Å². The quantitative estimate of drug-likeness (QED) is 0.163. The van der Waals surface area contributed by atoms with E-state index in [1.807, 2.05) is 11.3 Å². The summed E-state index contributed by atoms with van der Waals surface area (Å²) in [4.78, 5) is 5.43. The largest absolute Gasteiger partial charge is 0.292 e. The van der Waals surface area contributed by atoms with Crippen LogP contribution < -0.4 is 0 Å². The Hall–Kier alpha value is -5.77. The van der Waals surface area contributed by atoms with Gasteiger partial charge in [-0.25, -0.2) is 4.98 Å². The van der Waals surface area contributed by atoms with Crippen molar-refractivity contribution in [3.05, 3.63) is 169 Å². The predicted molar refractivity (Wildman–Crippen MR) is 224 cm³/mol.